The standard InChI is InChI=1S/C21H27NO3/c23-19(24)11-10-16-8-3-4-13-22(16)20(25)18-14-21(18)12-5-7-15-6-1-2-9-17(15)21/h1-2,6,9,16,18H,3-5,7-8,10-14H2,(H,23,24). The molecule has 2 fully saturated rings. The van der Waals surface area contributed by atoms with E-state index < -0.39 is 5.97 Å². The summed E-state index contributed by atoms with van der Waals surface area (Å²) < 4.78 is 0. The van der Waals surface area contributed by atoms with Crippen molar-refractivity contribution in [1.82, 2.24) is 4.90 Å². The van der Waals surface area contributed by atoms with E-state index in [4.69, 9.17) is 5.11 Å². The molecule has 4 nitrogen and oxygen atoms in total. The lowest BCUT2D eigenvalue weighted by Crippen LogP contribution is -2.45. The maximum Gasteiger partial charge on any atom is 0.303 e. The molecule has 0 aromatic heterocycles. The zero-order chi connectivity index (χ0) is 17.4. The molecule has 3 unspecified atom stereocenters. The molecule has 4 heteroatoms. The van der Waals surface area contributed by atoms with Crippen molar-refractivity contribution in [2.75, 3.05) is 6.54 Å². The van der Waals surface area contributed by atoms with Gasteiger partial charge in [-0.25, -0.2) is 0 Å². The Labute approximate surface area is 149 Å². The number of carbonyl (C=O) groups excluding carboxylic acids is 1. The van der Waals surface area contributed by atoms with Crippen molar-refractivity contribution in [3.63, 3.8) is 0 Å². The number of nitrogens with zero attached hydrogens (tertiary/aromatic N) is 1. The minimum absolute atomic E-state index is 0.0702. The van der Waals surface area contributed by atoms with Gasteiger partial charge in [-0.2, -0.15) is 0 Å². The highest BCUT2D eigenvalue weighted by atomic mass is 16.4. The van der Waals surface area contributed by atoms with Crippen molar-refractivity contribution in [3.8, 4) is 0 Å². The van der Waals surface area contributed by atoms with Crippen LogP contribution in [0.4, 0.5) is 0 Å². The van der Waals surface area contributed by atoms with Gasteiger partial charge >= 0.3 is 5.97 Å². The van der Waals surface area contributed by atoms with Crippen molar-refractivity contribution < 1.29 is 14.7 Å². The second-order valence-corrected chi connectivity index (χ2v) is 8.04. The summed E-state index contributed by atoms with van der Waals surface area (Å²) >= 11 is 0. The van der Waals surface area contributed by atoms with Crippen LogP contribution in [0, 0.1) is 5.92 Å². The Hall–Kier alpha value is -1.84. The fraction of sp³-hybridized carbons (Fsp3) is 0.619. The van der Waals surface area contributed by atoms with Gasteiger partial charge in [0.15, 0.2) is 0 Å². The number of aliphatic carboxylic acids is 1. The Kier molecular flexibility index (Phi) is 4.30. The van der Waals surface area contributed by atoms with Gasteiger partial charge in [-0.1, -0.05) is 24.3 Å². The van der Waals surface area contributed by atoms with E-state index in [0.29, 0.717) is 6.42 Å². The number of carboxylic acids is 1. The topological polar surface area (TPSA) is 57.6 Å². The average molecular weight is 341 g/mol. The molecule has 25 heavy (non-hydrogen) atoms. The van der Waals surface area contributed by atoms with E-state index in [1.807, 2.05) is 4.90 Å². The minimum Gasteiger partial charge on any atom is -0.481 e. The van der Waals surface area contributed by atoms with E-state index in [-0.39, 0.29) is 29.7 Å². The van der Waals surface area contributed by atoms with Gasteiger partial charge in [-0.15, -0.1) is 0 Å². The van der Waals surface area contributed by atoms with E-state index in [0.717, 1.165) is 45.1 Å². The van der Waals surface area contributed by atoms with Crippen LogP contribution in [-0.2, 0) is 21.4 Å². The number of carboxylic acid groups (broad SMARTS) is 1. The molecule has 1 spiro atoms. The van der Waals surface area contributed by atoms with Crippen molar-refractivity contribution in [3.05, 3.63) is 35.4 Å². The number of rotatable bonds is 4. The minimum atomic E-state index is -0.762. The Balaban J connectivity index is 1.51. The molecule has 1 amide bonds. The van der Waals surface area contributed by atoms with Gasteiger partial charge in [-0.3, -0.25) is 9.59 Å². The molecule has 1 heterocycles. The number of benzene rings is 1. The normalized spacial score (nSPS) is 30.8. The molecule has 3 aliphatic rings. The van der Waals surface area contributed by atoms with Crippen LogP contribution in [0.1, 0.15) is 62.5 Å². The molecule has 1 aliphatic heterocycles. The van der Waals surface area contributed by atoms with Crippen LogP contribution in [0.25, 0.3) is 0 Å². The van der Waals surface area contributed by atoms with Gasteiger partial charge in [0.2, 0.25) is 5.91 Å². The lowest BCUT2D eigenvalue weighted by molar-refractivity contribution is -0.141. The Morgan fingerprint density at radius 3 is 2.88 bits per heavy atom. The molecule has 3 atom stereocenters. The number of fused-ring (bicyclic) bond motifs is 2. The summed E-state index contributed by atoms with van der Waals surface area (Å²) in [6.07, 6.45) is 8.25. The number of hydrogen-bond donors (Lipinski definition) is 1. The molecule has 1 aromatic rings. The van der Waals surface area contributed by atoms with Gasteiger partial charge in [0.1, 0.15) is 0 Å². The highest BCUT2D eigenvalue weighted by molar-refractivity contribution is 5.85. The largest absolute Gasteiger partial charge is 0.481 e. The number of amides is 1. The molecule has 1 aromatic carbocycles. The van der Waals surface area contributed by atoms with Gasteiger partial charge in [-0.05, 0) is 62.5 Å². The third-order valence-electron chi connectivity index (χ3n) is 6.60. The first kappa shape index (κ1) is 16.6. The highest BCUT2D eigenvalue weighted by Gasteiger charge is 2.61. The summed E-state index contributed by atoms with van der Waals surface area (Å²) in [5.41, 5.74) is 2.89. The van der Waals surface area contributed by atoms with Crippen LogP contribution in [0.2, 0.25) is 0 Å². The van der Waals surface area contributed by atoms with Gasteiger partial charge in [0, 0.05) is 30.3 Å². The number of likely N-dealkylation sites (tertiary alicyclic amines) is 1. The second kappa shape index (κ2) is 6.47. The first-order valence-electron chi connectivity index (χ1n) is 9.72. The van der Waals surface area contributed by atoms with Crippen molar-refractivity contribution >= 4 is 11.9 Å². The molecular weight excluding hydrogens is 314 g/mol. The van der Waals surface area contributed by atoms with Gasteiger partial charge in [0.05, 0.1) is 0 Å². The van der Waals surface area contributed by atoms with E-state index in [1.165, 1.54) is 17.5 Å². The van der Waals surface area contributed by atoms with Gasteiger partial charge < -0.3 is 10.0 Å². The maximum atomic E-state index is 13.3. The van der Waals surface area contributed by atoms with Crippen LogP contribution in [0.15, 0.2) is 24.3 Å². The molecule has 1 saturated carbocycles. The zero-order valence-electron chi connectivity index (χ0n) is 14.7. The number of carbonyl (C=O) groups is 2. The fourth-order valence-electron chi connectivity index (χ4n) is 5.24. The van der Waals surface area contributed by atoms with Crippen molar-refractivity contribution in [1.29, 1.82) is 0 Å². The molecular formula is C21H27NO3. The Morgan fingerprint density at radius 2 is 2.04 bits per heavy atom. The molecule has 2 aliphatic carbocycles. The second-order valence-electron chi connectivity index (χ2n) is 8.04. The Morgan fingerprint density at radius 1 is 1.20 bits per heavy atom. The monoisotopic (exact) mass is 341 g/mol. The predicted molar refractivity (Wildman–Crippen MR) is 95.4 cm³/mol. The maximum absolute atomic E-state index is 13.3. The van der Waals surface area contributed by atoms with Crippen molar-refractivity contribution in [2.45, 2.75) is 69.2 Å². The summed E-state index contributed by atoms with van der Waals surface area (Å²) in [7, 11) is 0. The number of hydrogen-bond acceptors (Lipinski definition) is 2. The number of aryl methyl sites for hydroxylation is 1. The van der Waals surface area contributed by atoms with Crippen LogP contribution >= 0.6 is 0 Å². The summed E-state index contributed by atoms with van der Waals surface area (Å²) in [5, 5.41) is 9.00. The summed E-state index contributed by atoms with van der Waals surface area (Å²) in [4.78, 5) is 26.2. The molecule has 134 valence electrons. The first-order chi connectivity index (χ1) is 12.1. The lowest BCUT2D eigenvalue weighted by atomic mass is 9.78. The van der Waals surface area contributed by atoms with E-state index in [9.17, 15) is 9.59 Å². The molecule has 0 radical (unpaired) electrons. The first-order valence-corrected chi connectivity index (χ1v) is 9.72. The quantitative estimate of drug-likeness (QED) is 0.911. The Bertz CT molecular complexity index is 685. The SMILES string of the molecule is O=C(O)CCC1CCCCN1C(=O)C1CC12CCCc1ccccc12. The predicted octanol–water partition coefficient (Wildman–Crippen LogP) is 3.53. The average Bonchev–Trinajstić information content (AvgIpc) is 3.34. The molecule has 4 rings (SSSR count). The third kappa shape index (κ3) is 2.96. The molecule has 1 saturated heterocycles. The number of piperidine rings is 1. The van der Waals surface area contributed by atoms with E-state index >= 15 is 0 Å². The summed E-state index contributed by atoms with van der Waals surface area (Å²) in [6.45, 7) is 0.803. The molecule has 0 bridgehead atoms. The summed E-state index contributed by atoms with van der Waals surface area (Å²) in [6, 6.07) is 8.76. The smallest absolute Gasteiger partial charge is 0.303 e. The van der Waals surface area contributed by atoms with E-state index in [2.05, 4.69) is 24.3 Å². The zero-order valence-corrected chi connectivity index (χ0v) is 14.7. The highest BCUT2D eigenvalue weighted by Crippen LogP contribution is 2.61. The van der Waals surface area contributed by atoms with Crippen LogP contribution in [0.3, 0.4) is 0 Å². The third-order valence-corrected chi connectivity index (χ3v) is 6.60. The van der Waals surface area contributed by atoms with Crippen LogP contribution < -0.4 is 0 Å². The summed E-state index contributed by atoms with van der Waals surface area (Å²) in [5.74, 6) is -0.367. The van der Waals surface area contributed by atoms with Gasteiger partial charge in [0.25, 0.3) is 0 Å². The van der Waals surface area contributed by atoms with Crippen LogP contribution in [0.5, 0.6) is 0 Å². The van der Waals surface area contributed by atoms with E-state index in [1.54, 1.807) is 0 Å². The van der Waals surface area contributed by atoms with Crippen LogP contribution in [-0.4, -0.2) is 34.5 Å². The molecule has 1 N–H and O–H groups in total. The van der Waals surface area contributed by atoms with Crippen molar-refractivity contribution in [2.24, 2.45) is 5.92 Å². The lowest BCUT2D eigenvalue weighted by Gasteiger charge is -2.37. The fourth-order valence-corrected chi connectivity index (χ4v) is 5.24.